The van der Waals surface area contributed by atoms with Crippen molar-refractivity contribution in [3.8, 4) is 0 Å². The number of para-hydroxylation sites is 1. The molecule has 1 heterocycles. The van der Waals surface area contributed by atoms with Gasteiger partial charge in [0.2, 0.25) is 0 Å². The zero-order valence-corrected chi connectivity index (χ0v) is 13.6. The summed E-state index contributed by atoms with van der Waals surface area (Å²) < 4.78 is 5.71. The Hall–Kier alpha value is -1.52. The van der Waals surface area contributed by atoms with Gasteiger partial charge in [-0.15, -0.1) is 0 Å². The Labute approximate surface area is 129 Å². The van der Waals surface area contributed by atoms with Crippen molar-refractivity contribution in [1.29, 1.82) is 0 Å². The highest BCUT2D eigenvalue weighted by Gasteiger charge is 2.26. The highest BCUT2D eigenvalue weighted by Crippen LogP contribution is 2.31. The van der Waals surface area contributed by atoms with E-state index in [1.165, 1.54) is 0 Å². The van der Waals surface area contributed by atoms with Crippen molar-refractivity contribution >= 4 is 28.5 Å². The van der Waals surface area contributed by atoms with Crippen molar-refractivity contribution in [2.24, 2.45) is 11.1 Å². The minimum atomic E-state index is -0.152. The van der Waals surface area contributed by atoms with Gasteiger partial charge >= 0.3 is 0 Å². The van der Waals surface area contributed by atoms with E-state index in [2.05, 4.69) is 0 Å². The lowest BCUT2D eigenvalue weighted by Gasteiger charge is -2.28. The Kier molecular flexibility index (Phi) is 4.30. The summed E-state index contributed by atoms with van der Waals surface area (Å²) in [4.78, 5) is 14.2. The molecule has 0 aliphatic heterocycles. The van der Waals surface area contributed by atoms with Gasteiger partial charge in [-0.2, -0.15) is 0 Å². The number of halogens is 1. The molecule has 0 saturated carbocycles. The largest absolute Gasteiger partial charge is 0.449 e. The summed E-state index contributed by atoms with van der Waals surface area (Å²) >= 11 is 6.12. The van der Waals surface area contributed by atoms with Crippen LogP contribution in [0.25, 0.3) is 11.0 Å². The van der Waals surface area contributed by atoms with Crippen LogP contribution in [-0.2, 0) is 0 Å². The second kappa shape index (κ2) is 5.70. The van der Waals surface area contributed by atoms with Crippen molar-refractivity contribution < 1.29 is 9.21 Å². The Balaban J connectivity index is 2.36. The highest BCUT2D eigenvalue weighted by molar-refractivity contribution is 6.35. The summed E-state index contributed by atoms with van der Waals surface area (Å²) in [7, 11) is 1.76. The van der Waals surface area contributed by atoms with Gasteiger partial charge in [0.25, 0.3) is 5.91 Å². The molecule has 0 aliphatic rings. The summed E-state index contributed by atoms with van der Waals surface area (Å²) in [5, 5.41) is 1.39. The standard InChI is InChI=1S/C16H21ClN2O2/c1-10-11-6-5-7-12(17)14(11)21-13(10)15(20)19(4)9-16(2,3)8-18/h5-7H,8-9,18H2,1-4H3. The summed E-state index contributed by atoms with van der Waals surface area (Å²) in [5.74, 6) is 0.190. The van der Waals surface area contributed by atoms with E-state index in [9.17, 15) is 4.79 Å². The second-order valence-electron chi connectivity index (χ2n) is 6.20. The summed E-state index contributed by atoms with van der Waals surface area (Å²) in [6.07, 6.45) is 0. The van der Waals surface area contributed by atoms with Gasteiger partial charge in [0, 0.05) is 24.5 Å². The maximum Gasteiger partial charge on any atom is 0.289 e. The molecular formula is C16H21ClN2O2. The van der Waals surface area contributed by atoms with Crippen LogP contribution in [0.2, 0.25) is 5.02 Å². The fraction of sp³-hybridized carbons (Fsp3) is 0.438. The molecule has 0 spiro atoms. The van der Waals surface area contributed by atoms with Crippen molar-refractivity contribution in [2.75, 3.05) is 20.1 Å². The minimum absolute atomic E-state index is 0.137. The number of nitrogens with two attached hydrogens (primary N) is 1. The van der Waals surface area contributed by atoms with Crippen LogP contribution in [0.5, 0.6) is 0 Å². The molecular weight excluding hydrogens is 288 g/mol. The predicted molar refractivity (Wildman–Crippen MR) is 85.8 cm³/mol. The van der Waals surface area contributed by atoms with Gasteiger partial charge < -0.3 is 15.1 Å². The van der Waals surface area contributed by atoms with E-state index in [1.54, 1.807) is 18.0 Å². The van der Waals surface area contributed by atoms with Crippen molar-refractivity contribution in [3.63, 3.8) is 0 Å². The zero-order valence-electron chi connectivity index (χ0n) is 12.9. The SMILES string of the molecule is Cc1c(C(=O)N(C)CC(C)(C)CN)oc2c(Cl)cccc12. The molecule has 0 fully saturated rings. The molecule has 0 bridgehead atoms. The Bertz CT molecular complexity index is 676. The zero-order chi connectivity index (χ0) is 15.8. The first-order valence-electron chi connectivity index (χ1n) is 6.90. The number of nitrogens with zero attached hydrogens (tertiary/aromatic N) is 1. The molecule has 0 atom stereocenters. The van der Waals surface area contributed by atoms with Gasteiger partial charge in [-0.1, -0.05) is 37.6 Å². The van der Waals surface area contributed by atoms with E-state index in [0.717, 1.165) is 10.9 Å². The third-order valence-electron chi connectivity index (χ3n) is 3.67. The summed E-state index contributed by atoms with van der Waals surface area (Å²) in [6.45, 7) is 7.00. The first-order valence-corrected chi connectivity index (χ1v) is 7.28. The average Bonchev–Trinajstić information content (AvgIpc) is 2.77. The number of benzene rings is 1. The average molecular weight is 309 g/mol. The molecule has 4 nitrogen and oxygen atoms in total. The fourth-order valence-corrected chi connectivity index (χ4v) is 2.58. The van der Waals surface area contributed by atoms with Crippen LogP contribution < -0.4 is 5.73 Å². The number of amides is 1. The quantitative estimate of drug-likeness (QED) is 0.941. The van der Waals surface area contributed by atoms with Crippen LogP contribution >= 0.6 is 11.6 Å². The summed E-state index contributed by atoms with van der Waals surface area (Å²) in [5.41, 5.74) is 6.96. The number of aryl methyl sites for hydroxylation is 1. The predicted octanol–water partition coefficient (Wildman–Crippen LogP) is 3.45. The number of rotatable bonds is 4. The van der Waals surface area contributed by atoms with Crippen LogP contribution in [-0.4, -0.2) is 30.9 Å². The molecule has 5 heteroatoms. The van der Waals surface area contributed by atoms with E-state index in [4.69, 9.17) is 21.8 Å². The second-order valence-corrected chi connectivity index (χ2v) is 6.61. The Morgan fingerprint density at radius 1 is 1.43 bits per heavy atom. The molecule has 21 heavy (non-hydrogen) atoms. The van der Waals surface area contributed by atoms with Gasteiger partial charge in [0.1, 0.15) is 0 Å². The number of carbonyl (C=O) groups is 1. The maximum absolute atomic E-state index is 12.6. The number of carbonyl (C=O) groups excluding carboxylic acids is 1. The Morgan fingerprint density at radius 3 is 2.67 bits per heavy atom. The van der Waals surface area contributed by atoms with E-state index in [1.807, 2.05) is 32.9 Å². The number of hydrogen-bond donors (Lipinski definition) is 1. The number of hydrogen-bond acceptors (Lipinski definition) is 3. The molecule has 0 aliphatic carbocycles. The van der Waals surface area contributed by atoms with Crippen molar-refractivity contribution in [3.05, 3.63) is 34.5 Å². The monoisotopic (exact) mass is 308 g/mol. The molecule has 0 saturated heterocycles. The maximum atomic E-state index is 12.6. The van der Waals surface area contributed by atoms with E-state index >= 15 is 0 Å². The smallest absolute Gasteiger partial charge is 0.289 e. The lowest BCUT2D eigenvalue weighted by Crippen LogP contribution is -2.39. The van der Waals surface area contributed by atoms with Gasteiger partial charge in [-0.3, -0.25) is 4.79 Å². The van der Waals surface area contributed by atoms with Gasteiger partial charge in [0.05, 0.1) is 5.02 Å². The molecule has 0 unspecified atom stereocenters. The molecule has 0 radical (unpaired) electrons. The Morgan fingerprint density at radius 2 is 2.10 bits per heavy atom. The molecule has 2 rings (SSSR count). The molecule has 1 aromatic carbocycles. The highest BCUT2D eigenvalue weighted by atomic mass is 35.5. The minimum Gasteiger partial charge on any atom is -0.449 e. The van der Waals surface area contributed by atoms with Crippen LogP contribution in [0.1, 0.15) is 30.0 Å². The third kappa shape index (κ3) is 3.06. The number of furan rings is 1. The third-order valence-corrected chi connectivity index (χ3v) is 3.97. The van der Waals surface area contributed by atoms with Gasteiger partial charge in [-0.25, -0.2) is 0 Å². The van der Waals surface area contributed by atoms with Crippen molar-refractivity contribution in [2.45, 2.75) is 20.8 Å². The molecule has 114 valence electrons. The van der Waals surface area contributed by atoms with E-state index < -0.39 is 0 Å². The van der Waals surface area contributed by atoms with E-state index in [-0.39, 0.29) is 11.3 Å². The van der Waals surface area contributed by atoms with E-state index in [0.29, 0.717) is 29.5 Å². The lowest BCUT2D eigenvalue weighted by atomic mass is 9.93. The first kappa shape index (κ1) is 15.9. The topological polar surface area (TPSA) is 59.5 Å². The fourth-order valence-electron chi connectivity index (χ4n) is 2.36. The van der Waals surface area contributed by atoms with Gasteiger partial charge in [0.15, 0.2) is 11.3 Å². The van der Waals surface area contributed by atoms with Crippen molar-refractivity contribution in [1.82, 2.24) is 4.90 Å². The normalized spacial score (nSPS) is 11.9. The van der Waals surface area contributed by atoms with Crippen LogP contribution in [0.4, 0.5) is 0 Å². The first-order chi connectivity index (χ1) is 9.76. The molecule has 2 N–H and O–H groups in total. The van der Waals surface area contributed by atoms with Crippen LogP contribution in [0.3, 0.4) is 0 Å². The van der Waals surface area contributed by atoms with Crippen LogP contribution in [0.15, 0.2) is 22.6 Å². The lowest BCUT2D eigenvalue weighted by molar-refractivity contribution is 0.0710. The molecule has 1 amide bonds. The molecule has 2 aromatic rings. The number of fused-ring (bicyclic) bond motifs is 1. The van der Waals surface area contributed by atoms with Crippen LogP contribution in [0, 0.1) is 12.3 Å². The van der Waals surface area contributed by atoms with Gasteiger partial charge in [-0.05, 0) is 24.9 Å². The molecule has 1 aromatic heterocycles. The summed E-state index contributed by atoms with van der Waals surface area (Å²) in [6, 6.07) is 5.51.